The molecule has 0 aliphatic heterocycles. The van der Waals surface area contributed by atoms with Gasteiger partial charge in [0.1, 0.15) is 11.5 Å². The van der Waals surface area contributed by atoms with Crippen molar-refractivity contribution in [3.8, 4) is 11.5 Å². The Bertz CT molecular complexity index is 784. The molecular formula is C20H27IN4O3. The number of nitrogens with zero attached hydrogens (tertiary/aromatic N) is 1. The molecular weight excluding hydrogens is 471 g/mol. The lowest BCUT2D eigenvalue weighted by atomic mass is 10.2. The first kappa shape index (κ1) is 23.5. The smallest absolute Gasteiger partial charge is 0.251 e. The highest BCUT2D eigenvalue weighted by molar-refractivity contribution is 14.0. The van der Waals surface area contributed by atoms with E-state index >= 15 is 0 Å². The van der Waals surface area contributed by atoms with Crippen molar-refractivity contribution in [2.75, 3.05) is 34.4 Å². The number of hydrogen-bond donors (Lipinski definition) is 3. The number of carbonyl (C=O) groups is 1. The molecule has 0 aliphatic carbocycles. The molecule has 0 saturated heterocycles. The normalized spacial score (nSPS) is 10.5. The molecule has 0 atom stereocenters. The van der Waals surface area contributed by atoms with Crippen LogP contribution in [0.3, 0.4) is 0 Å². The van der Waals surface area contributed by atoms with E-state index in [1.54, 1.807) is 45.5 Å². The quantitative estimate of drug-likeness (QED) is 0.226. The van der Waals surface area contributed by atoms with Crippen LogP contribution >= 0.6 is 24.0 Å². The predicted molar refractivity (Wildman–Crippen MR) is 122 cm³/mol. The average molecular weight is 498 g/mol. The van der Waals surface area contributed by atoms with Gasteiger partial charge in [-0.15, -0.1) is 24.0 Å². The van der Waals surface area contributed by atoms with Gasteiger partial charge in [-0.3, -0.25) is 9.79 Å². The molecule has 2 aromatic rings. The lowest BCUT2D eigenvalue weighted by Gasteiger charge is -2.13. The first-order valence-electron chi connectivity index (χ1n) is 8.66. The Morgan fingerprint density at radius 1 is 0.929 bits per heavy atom. The third-order valence-electron chi connectivity index (χ3n) is 3.85. The van der Waals surface area contributed by atoms with E-state index in [-0.39, 0.29) is 29.9 Å². The third-order valence-corrected chi connectivity index (χ3v) is 3.85. The number of methoxy groups -OCH3 is 2. The first-order chi connectivity index (χ1) is 13.2. The van der Waals surface area contributed by atoms with Crippen LogP contribution in [0.1, 0.15) is 15.9 Å². The van der Waals surface area contributed by atoms with Gasteiger partial charge in [0, 0.05) is 32.2 Å². The van der Waals surface area contributed by atoms with E-state index in [4.69, 9.17) is 9.47 Å². The molecule has 3 N–H and O–H groups in total. The second-order valence-corrected chi connectivity index (χ2v) is 5.69. The number of guanidine groups is 1. The number of aliphatic imine (C=N–C) groups is 1. The van der Waals surface area contributed by atoms with Crippen molar-refractivity contribution < 1.29 is 14.3 Å². The van der Waals surface area contributed by atoms with Gasteiger partial charge in [0.25, 0.3) is 5.91 Å². The molecule has 152 valence electrons. The zero-order valence-electron chi connectivity index (χ0n) is 16.3. The third kappa shape index (κ3) is 7.63. The standard InChI is InChI=1S/C20H26N4O3.HI/c1-21-20(24-14-15-6-4-8-17(12-15)26-2)23-11-10-22-19(25)16-7-5-9-18(13-16)27-3;/h4-9,12-13H,10-11,14H2,1-3H3,(H,22,25)(H2,21,23,24);1H. The molecule has 0 fully saturated rings. The molecule has 2 aromatic carbocycles. The Hall–Kier alpha value is -2.49. The number of halogens is 1. The lowest BCUT2D eigenvalue weighted by Crippen LogP contribution is -2.41. The minimum absolute atomic E-state index is 0. The fourth-order valence-electron chi connectivity index (χ4n) is 2.41. The molecule has 0 aliphatic rings. The van der Waals surface area contributed by atoms with E-state index in [1.807, 2.05) is 24.3 Å². The summed E-state index contributed by atoms with van der Waals surface area (Å²) in [7, 11) is 4.92. The van der Waals surface area contributed by atoms with E-state index in [1.165, 1.54) is 0 Å². The monoisotopic (exact) mass is 498 g/mol. The topological polar surface area (TPSA) is 84.0 Å². The second kappa shape index (κ2) is 12.8. The van der Waals surface area contributed by atoms with Crippen LogP contribution in [0, 0.1) is 0 Å². The molecule has 0 bridgehead atoms. The summed E-state index contributed by atoms with van der Waals surface area (Å²) in [6.07, 6.45) is 0. The summed E-state index contributed by atoms with van der Waals surface area (Å²) in [5, 5.41) is 9.25. The fraction of sp³-hybridized carbons (Fsp3) is 0.300. The highest BCUT2D eigenvalue weighted by Crippen LogP contribution is 2.12. The van der Waals surface area contributed by atoms with Gasteiger partial charge in [-0.2, -0.15) is 0 Å². The van der Waals surface area contributed by atoms with Gasteiger partial charge < -0.3 is 25.4 Å². The maximum Gasteiger partial charge on any atom is 0.251 e. The SMILES string of the molecule is CN=C(NCCNC(=O)c1cccc(OC)c1)NCc1cccc(OC)c1.I. The molecule has 2 rings (SSSR count). The number of nitrogens with one attached hydrogen (secondary N) is 3. The van der Waals surface area contributed by atoms with Gasteiger partial charge in [0.2, 0.25) is 0 Å². The van der Waals surface area contributed by atoms with E-state index < -0.39 is 0 Å². The number of hydrogen-bond acceptors (Lipinski definition) is 4. The molecule has 7 nitrogen and oxygen atoms in total. The zero-order valence-corrected chi connectivity index (χ0v) is 18.7. The summed E-state index contributed by atoms with van der Waals surface area (Å²) in [5.74, 6) is 1.99. The van der Waals surface area contributed by atoms with Gasteiger partial charge in [-0.05, 0) is 35.9 Å². The zero-order chi connectivity index (χ0) is 19.5. The van der Waals surface area contributed by atoms with Crippen LogP contribution in [0.5, 0.6) is 11.5 Å². The largest absolute Gasteiger partial charge is 0.497 e. The van der Waals surface area contributed by atoms with Crippen molar-refractivity contribution in [3.05, 3.63) is 59.7 Å². The van der Waals surface area contributed by atoms with E-state index in [0.717, 1.165) is 11.3 Å². The fourth-order valence-corrected chi connectivity index (χ4v) is 2.41. The summed E-state index contributed by atoms with van der Waals surface area (Å²) < 4.78 is 10.3. The van der Waals surface area contributed by atoms with E-state index in [9.17, 15) is 4.79 Å². The highest BCUT2D eigenvalue weighted by Gasteiger charge is 2.06. The van der Waals surface area contributed by atoms with Crippen molar-refractivity contribution in [1.82, 2.24) is 16.0 Å². The highest BCUT2D eigenvalue weighted by atomic mass is 127. The molecule has 0 heterocycles. The van der Waals surface area contributed by atoms with Crippen LogP contribution in [0.25, 0.3) is 0 Å². The van der Waals surface area contributed by atoms with Crippen molar-refractivity contribution >= 4 is 35.8 Å². The van der Waals surface area contributed by atoms with Crippen LogP contribution in [0.2, 0.25) is 0 Å². The summed E-state index contributed by atoms with van der Waals surface area (Å²) >= 11 is 0. The van der Waals surface area contributed by atoms with Crippen LogP contribution in [-0.4, -0.2) is 46.2 Å². The summed E-state index contributed by atoms with van der Waals surface area (Å²) in [6.45, 7) is 1.64. The Kier molecular flexibility index (Phi) is 10.8. The van der Waals surface area contributed by atoms with E-state index in [0.29, 0.717) is 36.9 Å². The molecule has 0 unspecified atom stereocenters. The summed E-state index contributed by atoms with van der Waals surface area (Å²) in [6, 6.07) is 14.9. The number of benzene rings is 2. The van der Waals surface area contributed by atoms with Crippen LogP contribution in [0.4, 0.5) is 0 Å². The molecule has 28 heavy (non-hydrogen) atoms. The number of rotatable bonds is 8. The summed E-state index contributed by atoms with van der Waals surface area (Å²) in [4.78, 5) is 16.3. The Morgan fingerprint density at radius 3 is 2.25 bits per heavy atom. The van der Waals surface area contributed by atoms with Crippen molar-refractivity contribution in [2.24, 2.45) is 4.99 Å². The van der Waals surface area contributed by atoms with Gasteiger partial charge in [-0.25, -0.2) is 0 Å². The average Bonchev–Trinajstić information content (AvgIpc) is 2.73. The molecule has 0 radical (unpaired) electrons. The molecule has 0 spiro atoms. The Labute approximate surface area is 182 Å². The van der Waals surface area contributed by atoms with Crippen molar-refractivity contribution in [1.29, 1.82) is 0 Å². The van der Waals surface area contributed by atoms with Gasteiger partial charge in [0.05, 0.1) is 14.2 Å². The minimum Gasteiger partial charge on any atom is -0.497 e. The Balaban J connectivity index is 0.00000392. The van der Waals surface area contributed by atoms with Gasteiger partial charge in [0.15, 0.2) is 5.96 Å². The Morgan fingerprint density at radius 2 is 1.57 bits per heavy atom. The number of carbonyl (C=O) groups excluding carboxylic acids is 1. The molecule has 0 saturated carbocycles. The number of ether oxygens (including phenoxy) is 2. The molecule has 1 amide bonds. The maximum absolute atomic E-state index is 12.1. The molecule has 0 aromatic heterocycles. The van der Waals surface area contributed by atoms with Crippen LogP contribution in [0.15, 0.2) is 53.5 Å². The minimum atomic E-state index is -0.143. The van der Waals surface area contributed by atoms with Crippen molar-refractivity contribution in [2.45, 2.75) is 6.54 Å². The van der Waals surface area contributed by atoms with Gasteiger partial charge in [-0.1, -0.05) is 18.2 Å². The van der Waals surface area contributed by atoms with Crippen molar-refractivity contribution in [3.63, 3.8) is 0 Å². The predicted octanol–water partition coefficient (Wildman–Crippen LogP) is 2.42. The van der Waals surface area contributed by atoms with Gasteiger partial charge >= 0.3 is 0 Å². The lowest BCUT2D eigenvalue weighted by molar-refractivity contribution is 0.0954. The summed E-state index contributed by atoms with van der Waals surface area (Å²) in [5.41, 5.74) is 1.65. The van der Waals surface area contributed by atoms with Crippen LogP contribution < -0.4 is 25.4 Å². The maximum atomic E-state index is 12.1. The number of amides is 1. The van der Waals surface area contributed by atoms with E-state index in [2.05, 4.69) is 20.9 Å². The van der Waals surface area contributed by atoms with Crippen LogP contribution in [-0.2, 0) is 6.54 Å². The first-order valence-corrected chi connectivity index (χ1v) is 8.66. The second-order valence-electron chi connectivity index (χ2n) is 5.69. The molecule has 8 heteroatoms.